The van der Waals surface area contributed by atoms with Gasteiger partial charge < -0.3 is 5.32 Å². The first-order valence-corrected chi connectivity index (χ1v) is 9.67. The Morgan fingerprint density at radius 3 is 2.50 bits per heavy atom. The lowest BCUT2D eigenvalue weighted by molar-refractivity contribution is -0.120. The van der Waals surface area contributed by atoms with E-state index < -0.39 is 10.0 Å². The van der Waals surface area contributed by atoms with E-state index >= 15 is 0 Å². The number of sulfonamides is 1. The van der Waals surface area contributed by atoms with Gasteiger partial charge in [0.1, 0.15) is 0 Å². The monoisotopic (exact) mass is 411 g/mol. The summed E-state index contributed by atoms with van der Waals surface area (Å²) in [4.78, 5) is 16.1. The van der Waals surface area contributed by atoms with Crippen molar-refractivity contribution in [2.45, 2.75) is 17.7 Å². The molecule has 2 rings (SSSR count). The van der Waals surface area contributed by atoms with Crippen LogP contribution in [0.5, 0.6) is 0 Å². The van der Waals surface area contributed by atoms with Gasteiger partial charge in [0.25, 0.3) is 0 Å². The topological polar surface area (TPSA) is 88.2 Å². The first kappa shape index (κ1) is 18.6. The first-order chi connectivity index (χ1) is 11.5. The molecule has 6 nitrogen and oxygen atoms in total. The molecule has 1 heterocycles. The molecule has 1 aromatic carbocycles. The number of hydrogen-bond acceptors (Lipinski definition) is 4. The van der Waals surface area contributed by atoms with Gasteiger partial charge in [-0.05, 0) is 36.4 Å². The molecular weight excluding hydrogens is 394 g/mol. The molecule has 0 bridgehead atoms. The van der Waals surface area contributed by atoms with Gasteiger partial charge in [0.2, 0.25) is 15.9 Å². The summed E-state index contributed by atoms with van der Waals surface area (Å²) in [5, 5.41) is 2.74. The van der Waals surface area contributed by atoms with Gasteiger partial charge in [-0.2, -0.15) is 0 Å². The van der Waals surface area contributed by atoms with E-state index in [2.05, 4.69) is 31.0 Å². The zero-order chi connectivity index (χ0) is 17.4. The number of rotatable bonds is 8. The predicted octanol–water partition coefficient (Wildman–Crippen LogP) is 1.87. The van der Waals surface area contributed by atoms with Crippen LogP contribution in [-0.4, -0.2) is 32.4 Å². The summed E-state index contributed by atoms with van der Waals surface area (Å²) < 4.78 is 27.3. The van der Waals surface area contributed by atoms with Crippen molar-refractivity contribution in [1.29, 1.82) is 0 Å². The Kier molecular flexibility index (Phi) is 6.89. The number of nitrogens with zero attached hydrogens (tertiary/aromatic N) is 1. The fourth-order valence-electron chi connectivity index (χ4n) is 1.96. The van der Waals surface area contributed by atoms with Crippen molar-refractivity contribution in [2.75, 3.05) is 13.1 Å². The van der Waals surface area contributed by atoms with Gasteiger partial charge in [0.05, 0.1) is 4.90 Å². The van der Waals surface area contributed by atoms with Gasteiger partial charge in [-0.15, -0.1) is 0 Å². The van der Waals surface area contributed by atoms with Gasteiger partial charge in [0, 0.05) is 42.3 Å². The summed E-state index contributed by atoms with van der Waals surface area (Å²) in [6, 6.07) is 11.9. The quantitative estimate of drug-likeness (QED) is 0.693. The maximum absolute atomic E-state index is 12.1. The summed E-state index contributed by atoms with van der Waals surface area (Å²) in [6.45, 7) is 0.517. The number of amides is 1. The van der Waals surface area contributed by atoms with E-state index in [9.17, 15) is 13.2 Å². The van der Waals surface area contributed by atoms with Crippen molar-refractivity contribution in [1.82, 2.24) is 15.0 Å². The number of carbonyl (C=O) groups is 1. The molecule has 128 valence electrons. The molecule has 0 saturated heterocycles. The maximum atomic E-state index is 12.1. The van der Waals surface area contributed by atoms with Crippen LogP contribution in [0.1, 0.15) is 12.1 Å². The standard InChI is InChI=1S/C16H18BrN3O3S/c17-13-4-6-15(7-5-13)24(22,23)20-12-9-16(21)19-11-8-14-3-1-2-10-18-14/h1-7,10,20H,8-9,11-12H2,(H,19,21). The summed E-state index contributed by atoms with van der Waals surface area (Å²) in [6.07, 6.45) is 2.42. The minimum atomic E-state index is -3.60. The van der Waals surface area contributed by atoms with Crippen LogP contribution >= 0.6 is 15.9 Å². The minimum Gasteiger partial charge on any atom is -0.356 e. The fourth-order valence-corrected chi connectivity index (χ4v) is 3.26. The third-order valence-electron chi connectivity index (χ3n) is 3.20. The lowest BCUT2D eigenvalue weighted by Gasteiger charge is -2.08. The zero-order valence-corrected chi connectivity index (χ0v) is 15.3. The van der Waals surface area contributed by atoms with Crippen LogP contribution in [0.2, 0.25) is 0 Å². The number of aromatic nitrogens is 1. The molecule has 0 unspecified atom stereocenters. The Bertz CT molecular complexity index is 765. The summed E-state index contributed by atoms with van der Waals surface area (Å²) in [5.74, 6) is -0.204. The molecule has 0 spiro atoms. The van der Waals surface area contributed by atoms with Gasteiger partial charge >= 0.3 is 0 Å². The Morgan fingerprint density at radius 2 is 1.83 bits per heavy atom. The van der Waals surface area contributed by atoms with Crippen molar-refractivity contribution < 1.29 is 13.2 Å². The number of halogens is 1. The van der Waals surface area contributed by atoms with E-state index in [1.54, 1.807) is 18.3 Å². The SMILES string of the molecule is O=C(CCNS(=O)(=O)c1ccc(Br)cc1)NCCc1ccccn1. The van der Waals surface area contributed by atoms with E-state index in [1.165, 1.54) is 12.1 Å². The number of hydrogen-bond donors (Lipinski definition) is 2. The second-order valence-electron chi connectivity index (χ2n) is 5.02. The van der Waals surface area contributed by atoms with Crippen LogP contribution in [0.4, 0.5) is 0 Å². The highest BCUT2D eigenvalue weighted by Crippen LogP contribution is 2.14. The molecule has 0 aliphatic carbocycles. The number of pyridine rings is 1. The van der Waals surface area contributed by atoms with Crippen molar-refractivity contribution in [3.8, 4) is 0 Å². The average molecular weight is 412 g/mol. The molecule has 0 atom stereocenters. The van der Waals surface area contributed by atoms with E-state index in [0.717, 1.165) is 10.2 Å². The third kappa shape index (κ3) is 6.03. The van der Waals surface area contributed by atoms with Crippen LogP contribution in [-0.2, 0) is 21.2 Å². The molecule has 24 heavy (non-hydrogen) atoms. The lowest BCUT2D eigenvalue weighted by Crippen LogP contribution is -2.31. The van der Waals surface area contributed by atoms with E-state index in [0.29, 0.717) is 13.0 Å². The molecular formula is C16H18BrN3O3S. The van der Waals surface area contributed by atoms with Gasteiger partial charge in [0.15, 0.2) is 0 Å². The smallest absolute Gasteiger partial charge is 0.240 e. The molecule has 0 aliphatic heterocycles. The molecule has 0 radical (unpaired) electrons. The van der Waals surface area contributed by atoms with Crippen LogP contribution in [0.3, 0.4) is 0 Å². The van der Waals surface area contributed by atoms with Crippen molar-refractivity contribution in [3.05, 3.63) is 58.8 Å². The largest absolute Gasteiger partial charge is 0.356 e. The summed E-state index contributed by atoms with van der Waals surface area (Å²) >= 11 is 3.25. The van der Waals surface area contributed by atoms with Gasteiger partial charge in [-0.1, -0.05) is 22.0 Å². The van der Waals surface area contributed by atoms with Crippen LogP contribution in [0.25, 0.3) is 0 Å². The minimum absolute atomic E-state index is 0.0494. The Balaban J connectivity index is 1.71. The highest BCUT2D eigenvalue weighted by Gasteiger charge is 2.13. The third-order valence-corrected chi connectivity index (χ3v) is 5.20. The van der Waals surface area contributed by atoms with Crippen LogP contribution in [0.15, 0.2) is 58.0 Å². The molecule has 0 saturated carbocycles. The van der Waals surface area contributed by atoms with Crippen LogP contribution in [0, 0.1) is 0 Å². The molecule has 2 aromatic rings. The highest BCUT2D eigenvalue weighted by molar-refractivity contribution is 9.10. The maximum Gasteiger partial charge on any atom is 0.240 e. The van der Waals surface area contributed by atoms with Crippen molar-refractivity contribution >= 4 is 31.9 Å². The molecule has 0 fully saturated rings. The Labute approximate surface area is 149 Å². The molecule has 1 aromatic heterocycles. The predicted molar refractivity (Wildman–Crippen MR) is 94.9 cm³/mol. The molecule has 2 N–H and O–H groups in total. The summed E-state index contributed by atoms with van der Waals surface area (Å²) in [5.41, 5.74) is 0.897. The molecule has 0 aliphatic rings. The van der Waals surface area contributed by atoms with E-state index in [1.807, 2.05) is 18.2 Å². The average Bonchev–Trinajstić information content (AvgIpc) is 2.56. The second-order valence-corrected chi connectivity index (χ2v) is 7.71. The zero-order valence-electron chi connectivity index (χ0n) is 12.9. The van der Waals surface area contributed by atoms with Crippen molar-refractivity contribution in [3.63, 3.8) is 0 Å². The Hall–Kier alpha value is -1.77. The lowest BCUT2D eigenvalue weighted by atomic mass is 10.2. The first-order valence-electron chi connectivity index (χ1n) is 7.39. The Morgan fingerprint density at radius 1 is 1.08 bits per heavy atom. The van der Waals surface area contributed by atoms with E-state index in [-0.39, 0.29) is 23.8 Å². The number of benzene rings is 1. The fraction of sp³-hybridized carbons (Fsp3) is 0.250. The highest BCUT2D eigenvalue weighted by atomic mass is 79.9. The number of nitrogens with one attached hydrogen (secondary N) is 2. The van der Waals surface area contributed by atoms with Gasteiger partial charge in [-0.3, -0.25) is 9.78 Å². The van der Waals surface area contributed by atoms with Crippen LogP contribution < -0.4 is 10.0 Å². The van der Waals surface area contributed by atoms with Crippen molar-refractivity contribution in [2.24, 2.45) is 0 Å². The molecule has 8 heteroatoms. The van der Waals surface area contributed by atoms with E-state index in [4.69, 9.17) is 0 Å². The normalized spacial score (nSPS) is 11.2. The number of carbonyl (C=O) groups excluding carboxylic acids is 1. The van der Waals surface area contributed by atoms with Gasteiger partial charge in [-0.25, -0.2) is 13.1 Å². The second kappa shape index (κ2) is 8.91. The molecule has 1 amide bonds. The summed E-state index contributed by atoms with van der Waals surface area (Å²) in [7, 11) is -3.60.